The molecule has 0 aliphatic heterocycles. The summed E-state index contributed by atoms with van der Waals surface area (Å²) in [7, 11) is 0. The first-order valence-corrected chi connectivity index (χ1v) is 11.2. The summed E-state index contributed by atoms with van der Waals surface area (Å²) in [5, 5.41) is 3.14. The Bertz CT molecular complexity index is 801. The van der Waals surface area contributed by atoms with E-state index in [0.717, 1.165) is 41.3 Å². The summed E-state index contributed by atoms with van der Waals surface area (Å²) in [6.07, 6.45) is 5.46. The molecule has 0 heterocycles. The molecule has 0 aromatic heterocycles. The second-order valence-corrected chi connectivity index (χ2v) is 8.72. The van der Waals surface area contributed by atoms with Gasteiger partial charge in [-0.3, -0.25) is 9.59 Å². The predicted octanol–water partition coefficient (Wildman–Crippen LogP) is 4.86. The van der Waals surface area contributed by atoms with Crippen LogP contribution in [-0.4, -0.2) is 28.8 Å². The van der Waals surface area contributed by atoms with E-state index in [9.17, 15) is 9.59 Å². The average molecular weight is 457 g/mol. The van der Waals surface area contributed by atoms with Gasteiger partial charge in [0.1, 0.15) is 6.04 Å². The van der Waals surface area contributed by atoms with Crippen LogP contribution in [0.3, 0.4) is 0 Å². The minimum Gasteiger partial charge on any atom is -0.352 e. The molecule has 5 heteroatoms. The van der Waals surface area contributed by atoms with Gasteiger partial charge in [-0.25, -0.2) is 0 Å². The summed E-state index contributed by atoms with van der Waals surface area (Å²) < 4.78 is 0.996. The molecule has 3 rings (SSSR count). The summed E-state index contributed by atoms with van der Waals surface area (Å²) in [6, 6.07) is 17.7. The largest absolute Gasteiger partial charge is 0.352 e. The van der Waals surface area contributed by atoms with Crippen molar-refractivity contribution < 1.29 is 9.59 Å². The summed E-state index contributed by atoms with van der Waals surface area (Å²) in [5.74, 6) is -0.0482. The van der Waals surface area contributed by atoms with E-state index >= 15 is 0 Å². The Morgan fingerprint density at radius 1 is 1.03 bits per heavy atom. The Hall–Kier alpha value is -2.14. The van der Waals surface area contributed by atoms with Crippen molar-refractivity contribution in [3.63, 3.8) is 0 Å². The summed E-state index contributed by atoms with van der Waals surface area (Å²) in [4.78, 5) is 27.7. The number of nitrogens with one attached hydrogen (secondary N) is 1. The molecule has 2 aromatic rings. The smallest absolute Gasteiger partial charge is 0.242 e. The molecule has 1 unspecified atom stereocenters. The number of carbonyl (C=O) groups is 2. The van der Waals surface area contributed by atoms with Crippen LogP contribution in [0, 0.1) is 0 Å². The highest BCUT2D eigenvalue weighted by atomic mass is 79.9. The second kappa shape index (κ2) is 10.6. The van der Waals surface area contributed by atoms with E-state index in [1.807, 2.05) is 61.5 Å². The summed E-state index contributed by atoms with van der Waals surface area (Å²) in [5.41, 5.74) is 2.15. The Labute approximate surface area is 181 Å². The zero-order valence-corrected chi connectivity index (χ0v) is 18.5. The molecule has 0 saturated heterocycles. The molecule has 4 nitrogen and oxygen atoms in total. The van der Waals surface area contributed by atoms with Crippen molar-refractivity contribution in [1.82, 2.24) is 10.2 Å². The number of carbonyl (C=O) groups excluding carboxylic acids is 2. The normalized spacial score (nSPS) is 15.1. The van der Waals surface area contributed by atoms with Crippen molar-refractivity contribution >= 4 is 27.7 Å². The fourth-order valence-electron chi connectivity index (χ4n) is 3.80. The van der Waals surface area contributed by atoms with E-state index in [1.54, 1.807) is 4.90 Å². The third-order valence-corrected chi connectivity index (χ3v) is 6.13. The monoisotopic (exact) mass is 456 g/mol. The number of hydrogen-bond acceptors (Lipinski definition) is 2. The van der Waals surface area contributed by atoms with E-state index in [0.29, 0.717) is 19.4 Å². The Morgan fingerprint density at radius 3 is 2.34 bits per heavy atom. The minimum absolute atomic E-state index is 0.00541. The third-order valence-electron chi connectivity index (χ3n) is 5.61. The maximum Gasteiger partial charge on any atom is 0.242 e. The van der Waals surface area contributed by atoms with Gasteiger partial charge in [0.25, 0.3) is 0 Å². The van der Waals surface area contributed by atoms with Gasteiger partial charge in [-0.1, -0.05) is 71.2 Å². The SMILES string of the molecule is CC(C(=O)NC1CCCC1)N(Cc1ccc(Br)cc1)C(=O)CCc1ccccc1. The van der Waals surface area contributed by atoms with E-state index in [2.05, 4.69) is 21.2 Å². The number of hydrogen-bond donors (Lipinski definition) is 1. The average Bonchev–Trinajstić information content (AvgIpc) is 3.25. The van der Waals surface area contributed by atoms with Gasteiger partial charge in [-0.05, 0) is 49.4 Å². The fourth-order valence-corrected chi connectivity index (χ4v) is 4.06. The molecule has 0 bridgehead atoms. The second-order valence-electron chi connectivity index (χ2n) is 7.80. The van der Waals surface area contributed by atoms with Crippen LogP contribution in [-0.2, 0) is 22.6 Å². The van der Waals surface area contributed by atoms with Gasteiger partial charge in [0, 0.05) is 23.5 Å². The zero-order chi connectivity index (χ0) is 20.6. The van der Waals surface area contributed by atoms with Crippen LogP contribution in [0.25, 0.3) is 0 Å². The molecular weight excluding hydrogens is 428 g/mol. The van der Waals surface area contributed by atoms with Crippen LogP contribution in [0.15, 0.2) is 59.1 Å². The highest BCUT2D eigenvalue weighted by Gasteiger charge is 2.28. The van der Waals surface area contributed by atoms with Gasteiger partial charge in [-0.2, -0.15) is 0 Å². The van der Waals surface area contributed by atoms with Gasteiger partial charge < -0.3 is 10.2 Å². The van der Waals surface area contributed by atoms with Crippen molar-refractivity contribution in [1.29, 1.82) is 0 Å². The highest BCUT2D eigenvalue weighted by Crippen LogP contribution is 2.19. The molecule has 1 saturated carbocycles. The van der Waals surface area contributed by atoms with Gasteiger partial charge in [0.15, 0.2) is 0 Å². The first-order valence-electron chi connectivity index (χ1n) is 10.4. The molecule has 2 amide bonds. The van der Waals surface area contributed by atoms with Crippen LogP contribution in [0.5, 0.6) is 0 Å². The predicted molar refractivity (Wildman–Crippen MR) is 119 cm³/mol. The van der Waals surface area contributed by atoms with Crippen molar-refractivity contribution in [3.8, 4) is 0 Å². The lowest BCUT2D eigenvalue weighted by molar-refractivity contribution is -0.140. The van der Waals surface area contributed by atoms with Crippen LogP contribution < -0.4 is 5.32 Å². The van der Waals surface area contributed by atoms with E-state index < -0.39 is 6.04 Å². The number of amides is 2. The van der Waals surface area contributed by atoms with Crippen LogP contribution in [0.1, 0.15) is 50.2 Å². The molecule has 0 radical (unpaired) electrons. The van der Waals surface area contributed by atoms with Crippen molar-refractivity contribution in [2.75, 3.05) is 0 Å². The van der Waals surface area contributed by atoms with E-state index in [1.165, 1.54) is 0 Å². The standard InChI is InChI=1S/C24H29BrN2O2/c1-18(24(29)26-22-9-5-6-10-22)27(17-20-11-14-21(25)15-12-20)23(28)16-13-19-7-3-2-4-8-19/h2-4,7-8,11-12,14-15,18,22H,5-6,9-10,13,16-17H2,1H3,(H,26,29). The molecule has 1 aliphatic rings. The first kappa shape index (κ1) is 21.6. The lowest BCUT2D eigenvalue weighted by Crippen LogP contribution is -2.49. The minimum atomic E-state index is -0.498. The van der Waals surface area contributed by atoms with Gasteiger partial charge in [-0.15, -0.1) is 0 Å². The topological polar surface area (TPSA) is 49.4 Å². The Morgan fingerprint density at radius 2 is 1.69 bits per heavy atom. The molecule has 2 aromatic carbocycles. The molecule has 29 heavy (non-hydrogen) atoms. The van der Waals surface area contributed by atoms with E-state index in [4.69, 9.17) is 0 Å². The number of aryl methyl sites for hydroxylation is 1. The number of nitrogens with zero attached hydrogens (tertiary/aromatic N) is 1. The number of benzene rings is 2. The van der Waals surface area contributed by atoms with Crippen molar-refractivity contribution in [2.24, 2.45) is 0 Å². The summed E-state index contributed by atoms with van der Waals surface area (Å²) in [6.45, 7) is 2.27. The van der Waals surface area contributed by atoms with Crippen LogP contribution in [0.4, 0.5) is 0 Å². The molecule has 1 fully saturated rings. The van der Waals surface area contributed by atoms with Crippen molar-refractivity contribution in [2.45, 2.75) is 64.1 Å². The molecule has 1 atom stereocenters. The Kier molecular flexibility index (Phi) is 7.87. The number of halogens is 1. The highest BCUT2D eigenvalue weighted by molar-refractivity contribution is 9.10. The van der Waals surface area contributed by atoms with Crippen molar-refractivity contribution in [3.05, 3.63) is 70.2 Å². The van der Waals surface area contributed by atoms with Gasteiger partial charge in [0.05, 0.1) is 0 Å². The van der Waals surface area contributed by atoms with Gasteiger partial charge >= 0.3 is 0 Å². The first-order chi connectivity index (χ1) is 14.0. The van der Waals surface area contributed by atoms with E-state index in [-0.39, 0.29) is 17.9 Å². The lowest BCUT2D eigenvalue weighted by Gasteiger charge is -2.30. The molecule has 154 valence electrons. The lowest BCUT2D eigenvalue weighted by atomic mass is 10.1. The quantitative estimate of drug-likeness (QED) is 0.616. The third kappa shape index (κ3) is 6.43. The van der Waals surface area contributed by atoms with Crippen LogP contribution >= 0.6 is 15.9 Å². The summed E-state index contributed by atoms with van der Waals surface area (Å²) >= 11 is 3.45. The zero-order valence-electron chi connectivity index (χ0n) is 16.9. The molecular formula is C24H29BrN2O2. The maximum atomic E-state index is 13.1. The maximum absolute atomic E-state index is 13.1. The van der Waals surface area contributed by atoms with Gasteiger partial charge in [0.2, 0.25) is 11.8 Å². The Balaban J connectivity index is 1.69. The van der Waals surface area contributed by atoms with Crippen LogP contribution in [0.2, 0.25) is 0 Å². The molecule has 1 N–H and O–H groups in total. The fraction of sp³-hybridized carbons (Fsp3) is 0.417. The number of rotatable bonds is 8. The molecule has 1 aliphatic carbocycles. The molecule has 0 spiro atoms.